The first kappa shape index (κ1) is 17.4. The van der Waals surface area contributed by atoms with E-state index in [1.807, 2.05) is 6.07 Å². The van der Waals surface area contributed by atoms with Gasteiger partial charge in [-0.15, -0.1) is 0 Å². The zero-order chi connectivity index (χ0) is 16.9. The van der Waals surface area contributed by atoms with E-state index >= 15 is 0 Å². The van der Waals surface area contributed by atoms with E-state index in [1.54, 1.807) is 49.4 Å². The third-order valence-electron chi connectivity index (χ3n) is 3.28. The molecular formula is C17H15ClNO3P. The van der Waals surface area contributed by atoms with E-state index in [4.69, 9.17) is 16.1 Å². The molecule has 0 spiro atoms. The molecule has 2 aromatic rings. The lowest BCUT2D eigenvalue weighted by Gasteiger charge is -2.22. The van der Waals surface area contributed by atoms with Gasteiger partial charge in [-0.25, -0.2) is 0 Å². The number of carbonyl (C=O) groups excluding carboxylic acids is 1. The van der Waals surface area contributed by atoms with Gasteiger partial charge in [0.05, 0.1) is 12.7 Å². The molecule has 6 heteroatoms. The van der Waals surface area contributed by atoms with Crippen LogP contribution in [0.1, 0.15) is 17.3 Å². The van der Waals surface area contributed by atoms with Crippen molar-refractivity contribution in [1.82, 2.24) is 0 Å². The summed E-state index contributed by atoms with van der Waals surface area (Å²) in [5.41, 5.74) is -1.12. The van der Waals surface area contributed by atoms with Gasteiger partial charge in [0.15, 0.2) is 11.4 Å². The number of carbonyl (C=O) groups is 1. The molecule has 118 valence electrons. The highest BCUT2D eigenvalue weighted by molar-refractivity contribution is 7.69. The number of hydrogen-bond donors (Lipinski definition) is 0. The van der Waals surface area contributed by atoms with Gasteiger partial charge in [0, 0.05) is 15.9 Å². The highest BCUT2D eigenvalue weighted by atomic mass is 35.5. The van der Waals surface area contributed by atoms with Crippen molar-refractivity contribution in [3.63, 3.8) is 0 Å². The Morgan fingerprint density at radius 3 is 2.35 bits per heavy atom. The van der Waals surface area contributed by atoms with E-state index in [-0.39, 0.29) is 12.2 Å². The Bertz CT molecular complexity index is 769. The summed E-state index contributed by atoms with van der Waals surface area (Å²) in [7, 11) is -3.66. The van der Waals surface area contributed by atoms with Crippen LogP contribution in [0, 0.1) is 11.3 Å². The zero-order valence-electron chi connectivity index (χ0n) is 12.5. The van der Waals surface area contributed by atoms with Crippen LogP contribution in [-0.2, 0) is 9.09 Å². The third-order valence-corrected chi connectivity index (χ3v) is 6.22. The normalized spacial score (nSPS) is 14.5. The first-order chi connectivity index (χ1) is 11.0. The molecule has 0 saturated carbocycles. The SMILES string of the molecule is CCO[P@](=O)(c1ccccc1)[C@H](C#N)C(=O)c1ccc(Cl)cc1. The summed E-state index contributed by atoms with van der Waals surface area (Å²) in [6.45, 7) is 1.81. The molecule has 4 nitrogen and oxygen atoms in total. The molecule has 0 aliphatic rings. The molecule has 0 amide bonds. The van der Waals surface area contributed by atoms with Gasteiger partial charge in [0.25, 0.3) is 7.37 Å². The lowest BCUT2D eigenvalue weighted by atomic mass is 10.1. The maximum atomic E-state index is 13.3. The molecule has 0 fully saturated rings. The fourth-order valence-electron chi connectivity index (χ4n) is 2.19. The lowest BCUT2D eigenvalue weighted by molar-refractivity contribution is 0.0996. The predicted octanol–water partition coefficient (Wildman–Crippen LogP) is 4.05. The molecule has 0 bridgehead atoms. The zero-order valence-corrected chi connectivity index (χ0v) is 14.1. The summed E-state index contributed by atoms with van der Waals surface area (Å²) in [6, 6.07) is 16.4. The summed E-state index contributed by atoms with van der Waals surface area (Å²) < 4.78 is 18.8. The Hall–Kier alpha value is -1.92. The topological polar surface area (TPSA) is 67.2 Å². The number of hydrogen-bond acceptors (Lipinski definition) is 4. The number of Topliss-reactive ketones (excluding diaryl/α,β-unsaturated/α-hetero) is 1. The Morgan fingerprint density at radius 1 is 1.22 bits per heavy atom. The number of ketones is 1. The maximum absolute atomic E-state index is 13.3. The largest absolute Gasteiger partial charge is 0.324 e. The number of nitrogens with zero attached hydrogens (tertiary/aromatic N) is 1. The first-order valence-corrected chi connectivity index (χ1v) is 9.09. The maximum Gasteiger partial charge on any atom is 0.256 e. The summed E-state index contributed by atoms with van der Waals surface area (Å²) in [5, 5.41) is 10.3. The number of benzene rings is 2. The molecule has 2 rings (SSSR count). The highest BCUT2D eigenvalue weighted by Gasteiger charge is 2.41. The lowest BCUT2D eigenvalue weighted by Crippen LogP contribution is -2.26. The Kier molecular flexibility index (Phi) is 5.74. The van der Waals surface area contributed by atoms with Gasteiger partial charge >= 0.3 is 0 Å². The molecule has 2 atom stereocenters. The minimum Gasteiger partial charge on any atom is -0.324 e. The second kappa shape index (κ2) is 7.57. The van der Waals surface area contributed by atoms with Crippen molar-refractivity contribution in [2.75, 3.05) is 6.61 Å². The van der Waals surface area contributed by atoms with Gasteiger partial charge in [-0.1, -0.05) is 29.8 Å². The molecular weight excluding hydrogens is 333 g/mol. The molecule has 0 heterocycles. The van der Waals surface area contributed by atoms with E-state index in [1.165, 1.54) is 12.1 Å². The Labute approximate surface area is 140 Å². The molecule has 0 aliphatic heterocycles. The van der Waals surface area contributed by atoms with E-state index in [0.717, 1.165) is 0 Å². The fraction of sp³-hybridized carbons (Fsp3) is 0.176. The molecule has 0 N–H and O–H groups in total. The number of nitriles is 1. The summed E-state index contributed by atoms with van der Waals surface area (Å²) >= 11 is 5.81. The fourth-order valence-corrected chi connectivity index (χ4v) is 4.49. The molecule has 0 aliphatic carbocycles. The highest BCUT2D eigenvalue weighted by Crippen LogP contribution is 2.51. The van der Waals surface area contributed by atoms with E-state index in [0.29, 0.717) is 10.3 Å². The van der Waals surface area contributed by atoms with Crippen LogP contribution in [0.25, 0.3) is 0 Å². The van der Waals surface area contributed by atoms with Gasteiger partial charge in [0.2, 0.25) is 0 Å². The monoisotopic (exact) mass is 347 g/mol. The van der Waals surface area contributed by atoms with Crippen molar-refractivity contribution < 1.29 is 13.9 Å². The average Bonchev–Trinajstić information content (AvgIpc) is 2.57. The average molecular weight is 348 g/mol. The molecule has 23 heavy (non-hydrogen) atoms. The van der Waals surface area contributed by atoms with Crippen molar-refractivity contribution >= 4 is 30.1 Å². The Morgan fingerprint density at radius 2 is 1.83 bits per heavy atom. The second-order valence-electron chi connectivity index (χ2n) is 4.75. The first-order valence-electron chi connectivity index (χ1n) is 7.02. The van der Waals surface area contributed by atoms with Crippen molar-refractivity contribution in [3.05, 3.63) is 65.2 Å². The van der Waals surface area contributed by atoms with Gasteiger partial charge in [-0.05, 0) is 43.3 Å². The van der Waals surface area contributed by atoms with Crippen LogP contribution in [0.3, 0.4) is 0 Å². The van der Waals surface area contributed by atoms with Crippen LogP contribution in [0.15, 0.2) is 54.6 Å². The molecule has 2 aromatic carbocycles. The van der Waals surface area contributed by atoms with E-state index in [2.05, 4.69) is 0 Å². The van der Waals surface area contributed by atoms with Crippen LogP contribution in [0.4, 0.5) is 0 Å². The number of halogens is 1. The van der Waals surface area contributed by atoms with Crippen LogP contribution in [0.5, 0.6) is 0 Å². The number of rotatable bonds is 6. The Balaban J connectivity index is 2.47. The molecule has 0 aromatic heterocycles. The summed E-state index contributed by atoms with van der Waals surface area (Å²) in [4.78, 5) is 12.7. The minimum absolute atomic E-state index is 0.137. The van der Waals surface area contributed by atoms with Crippen LogP contribution < -0.4 is 5.30 Å². The van der Waals surface area contributed by atoms with Gasteiger partial charge in [-0.2, -0.15) is 5.26 Å². The summed E-state index contributed by atoms with van der Waals surface area (Å²) in [5.74, 6) is -0.537. The molecule has 0 radical (unpaired) electrons. The molecule has 0 unspecified atom stereocenters. The van der Waals surface area contributed by atoms with Gasteiger partial charge < -0.3 is 4.52 Å². The van der Waals surface area contributed by atoms with Crippen LogP contribution in [0.2, 0.25) is 5.02 Å². The third kappa shape index (κ3) is 3.71. The predicted molar refractivity (Wildman–Crippen MR) is 90.5 cm³/mol. The van der Waals surface area contributed by atoms with E-state index < -0.39 is 18.8 Å². The molecule has 0 saturated heterocycles. The van der Waals surface area contributed by atoms with E-state index in [9.17, 15) is 14.6 Å². The van der Waals surface area contributed by atoms with Crippen molar-refractivity contribution in [3.8, 4) is 6.07 Å². The summed E-state index contributed by atoms with van der Waals surface area (Å²) in [6.07, 6.45) is 0. The van der Waals surface area contributed by atoms with Crippen molar-refractivity contribution in [2.45, 2.75) is 12.6 Å². The second-order valence-corrected chi connectivity index (χ2v) is 7.67. The van der Waals surface area contributed by atoms with Gasteiger partial charge in [0.1, 0.15) is 0 Å². The van der Waals surface area contributed by atoms with Gasteiger partial charge in [-0.3, -0.25) is 9.36 Å². The quantitative estimate of drug-likeness (QED) is 0.584. The van der Waals surface area contributed by atoms with Crippen molar-refractivity contribution in [1.29, 1.82) is 5.26 Å². The minimum atomic E-state index is -3.66. The standard InChI is InChI=1S/C17H15ClNO3P/c1-2-22-23(21,15-6-4-3-5-7-15)16(12-19)17(20)13-8-10-14(18)11-9-13/h3-11,16H,2H2,1H3/t16-,23-/m1/s1. The van der Waals surface area contributed by atoms with Crippen LogP contribution >= 0.6 is 19.0 Å². The van der Waals surface area contributed by atoms with Crippen molar-refractivity contribution in [2.24, 2.45) is 0 Å². The van der Waals surface area contributed by atoms with Crippen LogP contribution in [-0.4, -0.2) is 18.0 Å². The smallest absolute Gasteiger partial charge is 0.256 e.